The molecule has 0 spiro atoms. The maximum Gasteiger partial charge on any atom is 0.269 e. The standard InChI is InChI=1S/C13H14F2N4OS/c1-3-19(2)13-18-11(16)10(21-13)12(20)17-8-6-4-5-7(14)9(8)15/h4-6H,3,16H2,1-2H3,(H,17,20). The first-order chi connectivity index (χ1) is 9.93. The van der Waals surface area contributed by atoms with Crippen LogP contribution in [0.2, 0.25) is 0 Å². The molecule has 2 aromatic rings. The molecule has 1 aromatic carbocycles. The van der Waals surface area contributed by atoms with E-state index in [4.69, 9.17) is 5.73 Å². The first-order valence-corrected chi connectivity index (χ1v) is 6.98. The number of carbonyl (C=O) groups excluding carboxylic acids is 1. The first kappa shape index (κ1) is 15.2. The fourth-order valence-electron chi connectivity index (χ4n) is 1.56. The quantitative estimate of drug-likeness (QED) is 0.910. The van der Waals surface area contributed by atoms with Gasteiger partial charge in [0.2, 0.25) is 0 Å². The van der Waals surface area contributed by atoms with Crippen molar-refractivity contribution >= 4 is 33.9 Å². The number of thiazole rings is 1. The minimum atomic E-state index is -1.11. The van der Waals surface area contributed by atoms with Gasteiger partial charge in [-0.15, -0.1) is 0 Å². The Kier molecular flexibility index (Phi) is 4.37. The van der Waals surface area contributed by atoms with Crippen LogP contribution in [0.15, 0.2) is 18.2 Å². The summed E-state index contributed by atoms with van der Waals surface area (Å²) >= 11 is 1.09. The lowest BCUT2D eigenvalue weighted by Crippen LogP contribution is -2.15. The zero-order chi connectivity index (χ0) is 15.6. The lowest BCUT2D eigenvalue weighted by Gasteiger charge is -2.10. The number of nitrogens with two attached hydrogens (primary N) is 1. The zero-order valence-electron chi connectivity index (χ0n) is 11.5. The van der Waals surface area contributed by atoms with Crippen molar-refractivity contribution in [3.63, 3.8) is 0 Å². The highest BCUT2D eigenvalue weighted by Crippen LogP contribution is 2.28. The molecule has 1 heterocycles. The van der Waals surface area contributed by atoms with Crippen LogP contribution in [0.4, 0.5) is 25.4 Å². The number of nitrogens with zero attached hydrogens (tertiary/aromatic N) is 2. The molecular weight excluding hydrogens is 298 g/mol. The predicted molar refractivity (Wildman–Crippen MR) is 79.8 cm³/mol. The summed E-state index contributed by atoms with van der Waals surface area (Å²) < 4.78 is 26.6. The van der Waals surface area contributed by atoms with Gasteiger partial charge in [-0.1, -0.05) is 17.4 Å². The van der Waals surface area contributed by atoms with Crippen molar-refractivity contribution in [2.75, 3.05) is 29.5 Å². The summed E-state index contributed by atoms with van der Waals surface area (Å²) in [6.07, 6.45) is 0. The van der Waals surface area contributed by atoms with Crippen molar-refractivity contribution in [1.82, 2.24) is 4.98 Å². The monoisotopic (exact) mass is 312 g/mol. The molecule has 0 bridgehead atoms. The van der Waals surface area contributed by atoms with Crippen LogP contribution in [-0.4, -0.2) is 24.5 Å². The Morgan fingerprint density at radius 1 is 1.48 bits per heavy atom. The second-order valence-electron chi connectivity index (χ2n) is 4.28. The van der Waals surface area contributed by atoms with Crippen molar-refractivity contribution in [3.05, 3.63) is 34.7 Å². The van der Waals surface area contributed by atoms with E-state index in [0.717, 1.165) is 17.4 Å². The minimum Gasteiger partial charge on any atom is -0.382 e. The summed E-state index contributed by atoms with van der Waals surface area (Å²) in [7, 11) is 1.81. The minimum absolute atomic E-state index is 0.0598. The van der Waals surface area contributed by atoms with Crippen LogP contribution >= 0.6 is 11.3 Å². The largest absolute Gasteiger partial charge is 0.382 e. The van der Waals surface area contributed by atoms with Crippen molar-refractivity contribution in [1.29, 1.82) is 0 Å². The van der Waals surface area contributed by atoms with Crippen molar-refractivity contribution < 1.29 is 13.6 Å². The highest BCUT2D eigenvalue weighted by molar-refractivity contribution is 7.18. The molecule has 21 heavy (non-hydrogen) atoms. The molecule has 3 N–H and O–H groups in total. The van der Waals surface area contributed by atoms with E-state index in [1.165, 1.54) is 12.1 Å². The summed E-state index contributed by atoms with van der Waals surface area (Å²) in [5.74, 6) is -2.70. The number of halogens is 2. The number of benzene rings is 1. The van der Waals surface area contributed by atoms with Gasteiger partial charge in [0, 0.05) is 13.6 Å². The van der Waals surface area contributed by atoms with Gasteiger partial charge in [0.25, 0.3) is 5.91 Å². The van der Waals surface area contributed by atoms with E-state index in [1.54, 1.807) is 0 Å². The molecule has 0 unspecified atom stereocenters. The average molecular weight is 312 g/mol. The summed E-state index contributed by atoms with van der Waals surface area (Å²) in [6.45, 7) is 2.63. The van der Waals surface area contributed by atoms with Gasteiger partial charge in [0.05, 0.1) is 5.69 Å². The molecule has 2 rings (SSSR count). The van der Waals surface area contributed by atoms with Gasteiger partial charge in [-0.25, -0.2) is 13.8 Å². The van der Waals surface area contributed by atoms with Gasteiger partial charge < -0.3 is 16.0 Å². The molecule has 0 aliphatic heterocycles. The summed E-state index contributed by atoms with van der Waals surface area (Å²) in [6, 6.07) is 3.55. The molecule has 0 saturated heterocycles. The number of rotatable bonds is 4. The number of nitrogen functional groups attached to an aromatic ring is 1. The maximum absolute atomic E-state index is 13.5. The van der Waals surface area contributed by atoms with E-state index in [2.05, 4.69) is 10.3 Å². The van der Waals surface area contributed by atoms with Gasteiger partial charge in [0.15, 0.2) is 16.8 Å². The van der Waals surface area contributed by atoms with Crippen LogP contribution in [0.3, 0.4) is 0 Å². The van der Waals surface area contributed by atoms with Gasteiger partial charge >= 0.3 is 0 Å². The van der Waals surface area contributed by atoms with Crippen molar-refractivity contribution in [3.8, 4) is 0 Å². The molecule has 5 nitrogen and oxygen atoms in total. The molecule has 0 fully saturated rings. The number of aromatic nitrogens is 1. The van der Waals surface area contributed by atoms with Crippen molar-refractivity contribution in [2.45, 2.75) is 6.92 Å². The lowest BCUT2D eigenvalue weighted by molar-refractivity contribution is 0.103. The van der Waals surface area contributed by atoms with Crippen molar-refractivity contribution in [2.24, 2.45) is 0 Å². The van der Waals surface area contributed by atoms with E-state index >= 15 is 0 Å². The molecule has 0 aliphatic carbocycles. The summed E-state index contributed by atoms with van der Waals surface area (Å²) in [4.78, 5) is 18.2. The molecule has 0 aliphatic rings. The van der Waals surface area contributed by atoms with Crippen LogP contribution in [0.5, 0.6) is 0 Å². The Hall–Kier alpha value is -2.22. The fourth-order valence-corrected chi connectivity index (χ4v) is 2.47. The van der Waals surface area contributed by atoms with Crippen LogP contribution < -0.4 is 16.0 Å². The molecule has 0 saturated carbocycles. The van der Waals surface area contributed by atoms with Crippen LogP contribution in [-0.2, 0) is 0 Å². The summed E-state index contributed by atoms with van der Waals surface area (Å²) in [5, 5.41) is 2.88. The van der Waals surface area contributed by atoms with Crippen LogP contribution in [0.25, 0.3) is 0 Å². The molecule has 1 amide bonds. The normalized spacial score (nSPS) is 10.5. The average Bonchev–Trinajstić information content (AvgIpc) is 2.85. The SMILES string of the molecule is CCN(C)c1nc(N)c(C(=O)Nc2cccc(F)c2F)s1. The molecular formula is C13H14F2N4OS. The van der Waals surface area contributed by atoms with E-state index in [1.807, 2.05) is 18.9 Å². The summed E-state index contributed by atoms with van der Waals surface area (Å²) in [5.41, 5.74) is 5.46. The second-order valence-corrected chi connectivity index (χ2v) is 5.26. The Morgan fingerprint density at radius 3 is 2.86 bits per heavy atom. The van der Waals surface area contributed by atoms with Gasteiger partial charge in [-0.05, 0) is 19.1 Å². The van der Waals surface area contributed by atoms with Gasteiger partial charge in [-0.2, -0.15) is 0 Å². The number of carbonyl (C=O) groups is 1. The smallest absolute Gasteiger partial charge is 0.269 e. The number of amides is 1. The Morgan fingerprint density at radius 2 is 2.19 bits per heavy atom. The molecule has 0 radical (unpaired) electrons. The third-order valence-electron chi connectivity index (χ3n) is 2.85. The molecule has 112 valence electrons. The number of hydrogen-bond donors (Lipinski definition) is 2. The van der Waals surface area contributed by atoms with E-state index in [0.29, 0.717) is 11.7 Å². The van der Waals surface area contributed by atoms with E-state index in [-0.39, 0.29) is 16.4 Å². The number of hydrogen-bond acceptors (Lipinski definition) is 5. The molecule has 0 atom stereocenters. The lowest BCUT2D eigenvalue weighted by atomic mass is 10.3. The number of anilines is 3. The third-order valence-corrected chi connectivity index (χ3v) is 4.03. The zero-order valence-corrected chi connectivity index (χ0v) is 12.3. The molecule has 8 heteroatoms. The Labute approximate surface area is 124 Å². The van der Waals surface area contributed by atoms with Crippen LogP contribution in [0.1, 0.15) is 16.6 Å². The maximum atomic E-state index is 13.5. The first-order valence-electron chi connectivity index (χ1n) is 6.16. The highest BCUT2D eigenvalue weighted by atomic mass is 32.1. The van der Waals surface area contributed by atoms with Gasteiger partial charge in [0.1, 0.15) is 10.7 Å². The number of nitrogens with one attached hydrogen (secondary N) is 1. The van der Waals surface area contributed by atoms with E-state index in [9.17, 15) is 13.6 Å². The highest BCUT2D eigenvalue weighted by Gasteiger charge is 2.19. The predicted octanol–water partition coefficient (Wildman–Crippen LogP) is 2.71. The fraction of sp³-hybridized carbons (Fsp3) is 0.231. The third kappa shape index (κ3) is 3.10. The topological polar surface area (TPSA) is 71.2 Å². The second kappa shape index (κ2) is 6.04. The Balaban J connectivity index is 2.25. The van der Waals surface area contributed by atoms with Gasteiger partial charge in [-0.3, -0.25) is 4.79 Å². The molecule has 1 aromatic heterocycles. The Bertz CT molecular complexity index is 674. The van der Waals surface area contributed by atoms with E-state index < -0.39 is 17.5 Å². The van der Waals surface area contributed by atoms with Crippen LogP contribution in [0, 0.1) is 11.6 Å².